The number of nitrogens with one attached hydrogen (secondary N) is 1. The molecule has 2 rings (SSSR count). The molecule has 2 aromatic carbocycles. The molecule has 0 spiro atoms. The molecule has 0 bridgehead atoms. The zero-order valence-electron chi connectivity index (χ0n) is 11.3. The number of carbonyl (C=O) groups excluding carboxylic acids is 1. The Labute approximate surface area is 130 Å². The summed E-state index contributed by atoms with van der Waals surface area (Å²) in [5.74, 6) is -0.299. The van der Waals surface area contributed by atoms with Crippen LogP contribution < -0.4 is 11.1 Å². The molecule has 0 atom stereocenters. The van der Waals surface area contributed by atoms with Gasteiger partial charge in [0.2, 0.25) is 0 Å². The molecule has 0 aliphatic rings. The molecule has 0 radical (unpaired) electrons. The van der Waals surface area contributed by atoms with Gasteiger partial charge in [0.25, 0.3) is 5.91 Å². The molecular formula is C15H14BrN3O2. The van der Waals surface area contributed by atoms with Crippen LogP contribution in [0.5, 0.6) is 0 Å². The minimum Gasteiger partial charge on any atom is -0.409 e. The van der Waals surface area contributed by atoms with Crippen molar-refractivity contribution < 1.29 is 10.0 Å². The van der Waals surface area contributed by atoms with Gasteiger partial charge < -0.3 is 16.3 Å². The van der Waals surface area contributed by atoms with E-state index in [0.717, 1.165) is 15.7 Å². The van der Waals surface area contributed by atoms with Crippen molar-refractivity contribution in [2.75, 3.05) is 5.32 Å². The summed E-state index contributed by atoms with van der Waals surface area (Å²) in [5.41, 5.74) is 8.10. The van der Waals surface area contributed by atoms with Crippen molar-refractivity contribution in [1.29, 1.82) is 0 Å². The lowest BCUT2D eigenvalue weighted by Crippen LogP contribution is -2.16. The molecule has 0 unspecified atom stereocenters. The summed E-state index contributed by atoms with van der Waals surface area (Å²) < 4.78 is 0.922. The quantitative estimate of drug-likeness (QED) is 0.345. The topological polar surface area (TPSA) is 87.7 Å². The van der Waals surface area contributed by atoms with Crippen LogP contribution in [0.3, 0.4) is 0 Å². The number of benzene rings is 2. The van der Waals surface area contributed by atoms with Gasteiger partial charge in [-0.1, -0.05) is 39.3 Å². The molecule has 0 aliphatic heterocycles. The van der Waals surface area contributed by atoms with Crippen LogP contribution in [0, 0.1) is 6.92 Å². The van der Waals surface area contributed by atoms with Crippen LogP contribution in [0.4, 0.5) is 5.69 Å². The van der Waals surface area contributed by atoms with Gasteiger partial charge in [0.1, 0.15) is 0 Å². The van der Waals surface area contributed by atoms with E-state index in [1.165, 1.54) is 0 Å². The Morgan fingerprint density at radius 1 is 1.24 bits per heavy atom. The Hall–Kier alpha value is -2.34. The van der Waals surface area contributed by atoms with E-state index in [4.69, 9.17) is 10.9 Å². The number of amides is 1. The van der Waals surface area contributed by atoms with Crippen molar-refractivity contribution in [1.82, 2.24) is 0 Å². The number of oxime groups is 1. The first kappa shape index (κ1) is 15.1. The fraction of sp³-hybridized carbons (Fsp3) is 0.0667. The maximum absolute atomic E-state index is 12.3. The monoisotopic (exact) mass is 347 g/mol. The predicted molar refractivity (Wildman–Crippen MR) is 85.8 cm³/mol. The van der Waals surface area contributed by atoms with Gasteiger partial charge in [-0.05, 0) is 36.8 Å². The second-order valence-electron chi connectivity index (χ2n) is 4.43. The van der Waals surface area contributed by atoms with Crippen molar-refractivity contribution in [3.63, 3.8) is 0 Å². The first-order chi connectivity index (χ1) is 10.0. The Kier molecular flexibility index (Phi) is 4.59. The molecule has 4 N–H and O–H groups in total. The normalized spacial score (nSPS) is 11.2. The largest absolute Gasteiger partial charge is 0.409 e. The lowest BCUT2D eigenvalue weighted by molar-refractivity contribution is 0.102. The number of hydrogen-bond donors (Lipinski definition) is 3. The molecule has 0 aromatic heterocycles. The zero-order valence-corrected chi connectivity index (χ0v) is 12.9. The average molecular weight is 348 g/mol. The van der Waals surface area contributed by atoms with E-state index >= 15 is 0 Å². The Morgan fingerprint density at radius 3 is 2.62 bits per heavy atom. The third kappa shape index (κ3) is 3.41. The van der Waals surface area contributed by atoms with Crippen LogP contribution in [-0.2, 0) is 0 Å². The third-order valence-electron chi connectivity index (χ3n) is 3.04. The molecule has 6 heteroatoms. The van der Waals surface area contributed by atoms with Crippen molar-refractivity contribution in [2.45, 2.75) is 6.92 Å². The van der Waals surface area contributed by atoms with E-state index in [9.17, 15) is 4.79 Å². The van der Waals surface area contributed by atoms with E-state index in [-0.39, 0.29) is 11.7 Å². The van der Waals surface area contributed by atoms with Gasteiger partial charge in [-0.25, -0.2) is 0 Å². The van der Waals surface area contributed by atoms with Crippen LogP contribution in [0.15, 0.2) is 52.1 Å². The van der Waals surface area contributed by atoms with Crippen LogP contribution in [-0.4, -0.2) is 17.0 Å². The number of carbonyl (C=O) groups is 1. The molecule has 21 heavy (non-hydrogen) atoms. The van der Waals surface area contributed by atoms with Crippen LogP contribution in [0.2, 0.25) is 0 Å². The summed E-state index contributed by atoms with van der Waals surface area (Å²) in [6.45, 7) is 1.91. The summed E-state index contributed by atoms with van der Waals surface area (Å²) in [6, 6.07) is 12.1. The highest BCUT2D eigenvalue weighted by molar-refractivity contribution is 9.10. The SMILES string of the molecule is Cc1c(Br)cccc1NC(=O)c1cccc(/C(N)=N/O)c1. The van der Waals surface area contributed by atoms with Gasteiger partial charge in [0, 0.05) is 21.3 Å². The standard InChI is InChI=1S/C15H14BrN3O2/c1-9-12(16)6-3-7-13(9)18-15(20)11-5-2-4-10(8-11)14(17)19-21/h2-8,21H,1H3,(H2,17,19)(H,18,20). The highest BCUT2D eigenvalue weighted by Crippen LogP contribution is 2.24. The van der Waals surface area contributed by atoms with E-state index in [1.807, 2.05) is 25.1 Å². The first-order valence-corrected chi connectivity index (χ1v) is 6.96. The smallest absolute Gasteiger partial charge is 0.255 e. The molecular weight excluding hydrogens is 334 g/mol. The van der Waals surface area contributed by atoms with Crippen molar-refractivity contribution >= 4 is 33.4 Å². The molecule has 0 heterocycles. The second kappa shape index (κ2) is 6.41. The summed E-state index contributed by atoms with van der Waals surface area (Å²) in [4.78, 5) is 12.3. The average Bonchev–Trinajstić information content (AvgIpc) is 2.51. The maximum atomic E-state index is 12.3. The number of amidine groups is 1. The highest BCUT2D eigenvalue weighted by Gasteiger charge is 2.10. The molecule has 1 amide bonds. The van der Waals surface area contributed by atoms with Crippen LogP contribution in [0.1, 0.15) is 21.5 Å². The Bertz CT molecular complexity index is 714. The van der Waals surface area contributed by atoms with Gasteiger partial charge >= 0.3 is 0 Å². The molecule has 2 aromatic rings. The van der Waals surface area contributed by atoms with Gasteiger partial charge in [0.15, 0.2) is 5.84 Å². The van der Waals surface area contributed by atoms with Crippen molar-refractivity contribution in [2.24, 2.45) is 10.9 Å². The number of rotatable bonds is 3. The second-order valence-corrected chi connectivity index (χ2v) is 5.29. The Morgan fingerprint density at radius 2 is 1.90 bits per heavy atom. The lowest BCUT2D eigenvalue weighted by atomic mass is 10.1. The molecule has 108 valence electrons. The predicted octanol–water partition coefficient (Wildman–Crippen LogP) is 3.10. The molecule has 0 saturated carbocycles. The number of hydrogen-bond acceptors (Lipinski definition) is 3. The molecule has 0 aliphatic carbocycles. The number of anilines is 1. The highest BCUT2D eigenvalue weighted by atomic mass is 79.9. The molecule has 5 nitrogen and oxygen atoms in total. The molecule has 0 saturated heterocycles. The third-order valence-corrected chi connectivity index (χ3v) is 3.90. The summed E-state index contributed by atoms with van der Waals surface area (Å²) in [5, 5.41) is 14.4. The first-order valence-electron chi connectivity index (χ1n) is 6.17. The number of nitrogens with two attached hydrogens (primary N) is 1. The van der Waals surface area contributed by atoms with Gasteiger partial charge in [0.05, 0.1) is 0 Å². The summed E-state index contributed by atoms with van der Waals surface area (Å²) >= 11 is 3.42. The van der Waals surface area contributed by atoms with Crippen molar-refractivity contribution in [3.05, 3.63) is 63.6 Å². The number of nitrogens with zero attached hydrogens (tertiary/aromatic N) is 1. The van der Waals surface area contributed by atoms with E-state index in [2.05, 4.69) is 26.4 Å². The van der Waals surface area contributed by atoms with Crippen LogP contribution in [0.25, 0.3) is 0 Å². The minimum atomic E-state index is -0.260. The maximum Gasteiger partial charge on any atom is 0.255 e. The van der Waals surface area contributed by atoms with E-state index in [0.29, 0.717) is 11.1 Å². The van der Waals surface area contributed by atoms with E-state index < -0.39 is 0 Å². The summed E-state index contributed by atoms with van der Waals surface area (Å²) in [7, 11) is 0. The fourth-order valence-corrected chi connectivity index (χ4v) is 2.18. The van der Waals surface area contributed by atoms with Crippen molar-refractivity contribution in [3.8, 4) is 0 Å². The van der Waals surface area contributed by atoms with Gasteiger partial charge in [-0.15, -0.1) is 0 Å². The van der Waals surface area contributed by atoms with Crippen LogP contribution >= 0.6 is 15.9 Å². The van der Waals surface area contributed by atoms with Gasteiger partial charge in [-0.3, -0.25) is 4.79 Å². The van der Waals surface area contributed by atoms with E-state index in [1.54, 1.807) is 24.3 Å². The lowest BCUT2D eigenvalue weighted by Gasteiger charge is -2.10. The fourth-order valence-electron chi connectivity index (χ4n) is 1.81. The van der Waals surface area contributed by atoms with Gasteiger partial charge in [-0.2, -0.15) is 0 Å². The number of halogens is 1. The zero-order chi connectivity index (χ0) is 15.4. The minimum absolute atomic E-state index is 0.0386. The Balaban J connectivity index is 2.27. The summed E-state index contributed by atoms with van der Waals surface area (Å²) in [6.07, 6.45) is 0. The molecule has 0 fully saturated rings.